The molecule has 1 N–H and O–H groups in total. The average molecular weight is 350 g/mol. The molecule has 20 heavy (non-hydrogen) atoms. The molecule has 1 heterocycles. The number of methoxy groups -OCH3 is 2. The Hall–Kier alpha value is -0.470. The SMILES string of the molecule is COC(CC(C)(O)c1c(Br)cnn1CCN(C)C)OC. The molecule has 0 fully saturated rings. The van der Waals surface area contributed by atoms with Crippen LogP contribution in [-0.2, 0) is 21.6 Å². The molecule has 1 atom stereocenters. The zero-order valence-electron chi connectivity index (χ0n) is 12.8. The molecule has 0 saturated carbocycles. The van der Waals surface area contributed by atoms with Crippen LogP contribution in [0.2, 0.25) is 0 Å². The number of ether oxygens (including phenoxy) is 2. The molecule has 0 aliphatic heterocycles. The largest absolute Gasteiger partial charge is 0.384 e. The third-order valence-corrected chi connectivity index (χ3v) is 3.73. The lowest BCUT2D eigenvalue weighted by Gasteiger charge is -2.28. The van der Waals surface area contributed by atoms with E-state index in [1.54, 1.807) is 27.3 Å². The van der Waals surface area contributed by atoms with E-state index in [1.807, 2.05) is 18.8 Å². The summed E-state index contributed by atoms with van der Waals surface area (Å²) in [7, 11) is 7.12. The van der Waals surface area contributed by atoms with Gasteiger partial charge in [0.15, 0.2) is 6.29 Å². The lowest BCUT2D eigenvalue weighted by molar-refractivity contribution is -0.143. The van der Waals surface area contributed by atoms with Gasteiger partial charge >= 0.3 is 0 Å². The summed E-state index contributed by atoms with van der Waals surface area (Å²) in [6.07, 6.45) is 1.56. The number of hydrogen-bond acceptors (Lipinski definition) is 5. The molecule has 0 spiro atoms. The molecule has 6 nitrogen and oxygen atoms in total. The Kier molecular flexibility index (Phi) is 6.60. The normalized spacial score (nSPS) is 15.1. The van der Waals surface area contributed by atoms with E-state index in [1.165, 1.54) is 0 Å². The maximum Gasteiger partial charge on any atom is 0.159 e. The number of hydrogen-bond donors (Lipinski definition) is 1. The van der Waals surface area contributed by atoms with Gasteiger partial charge in [-0.25, -0.2) is 0 Å². The van der Waals surface area contributed by atoms with Crippen LogP contribution in [0.15, 0.2) is 10.7 Å². The second-order valence-corrected chi connectivity index (χ2v) is 6.10. The molecular weight excluding hydrogens is 326 g/mol. The zero-order chi connectivity index (χ0) is 15.3. The van der Waals surface area contributed by atoms with E-state index in [0.29, 0.717) is 13.0 Å². The van der Waals surface area contributed by atoms with Gasteiger partial charge in [0, 0.05) is 27.2 Å². The molecule has 0 radical (unpaired) electrons. The summed E-state index contributed by atoms with van der Waals surface area (Å²) in [5.41, 5.74) is -0.364. The maximum atomic E-state index is 10.8. The number of nitrogens with zero attached hydrogens (tertiary/aromatic N) is 3. The van der Waals surface area contributed by atoms with Crippen molar-refractivity contribution >= 4 is 15.9 Å². The van der Waals surface area contributed by atoms with E-state index in [9.17, 15) is 5.11 Å². The van der Waals surface area contributed by atoms with Gasteiger partial charge in [-0.05, 0) is 36.9 Å². The molecule has 0 aromatic carbocycles. The molecule has 0 bridgehead atoms. The molecule has 1 unspecified atom stereocenters. The van der Waals surface area contributed by atoms with Crippen molar-refractivity contribution in [2.24, 2.45) is 0 Å². The van der Waals surface area contributed by atoms with Crippen molar-refractivity contribution in [1.82, 2.24) is 14.7 Å². The molecule has 0 amide bonds. The van der Waals surface area contributed by atoms with Crippen LogP contribution in [0.25, 0.3) is 0 Å². The Balaban J connectivity index is 2.95. The average Bonchev–Trinajstić information content (AvgIpc) is 2.75. The molecule has 1 rings (SSSR count). The Labute approximate surface area is 128 Å². The number of halogens is 1. The Morgan fingerprint density at radius 3 is 2.55 bits per heavy atom. The van der Waals surface area contributed by atoms with Gasteiger partial charge in [-0.15, -0.1) is 0 Å². The van der Waals surface area contributed by atoms with E-state index >= 15 is 0 Å². The predicted molar refractivity (Wildman–Crippen MR) is 80.5 cm³/mol. The monoisotopic (exact) mass is 349 g/mol. The summed E-state index contributed by atoms with van der Waals surface area (Å²) < 4.78 is 12.9. The van der Waals surface area contributed by atoms with Gasteiger partial charge in [0.05, 0.1) is 22.9 Å². The van der Waals surface area contributed by atoms with Gasteiger partial charge in [0.25, 0.3) is 0 Å². The van der Waals surface area contributed by atoms with Crippen molar-refractivity contribution in [2.75, 3.05) is 34.9 Å². The van der Waals surface area contributed by atoms with Crippen molar-refractivity contribution in [3.8, 4) is 0 Å². The van der Waals surface area contributed by atoms with Crippen LogP contribution >= 0.6 is 15.9 Å². The fourth-order valence-electron chi connectivity index (χ4n) is 2.05. The molecule has 1 aromatic rings. The minimum atomic E-state index is -1.10. The third-order valence-electron chi connectivity index (χ3n) is 3.15. The Morgan fingerprint density at radius 1 is 1.45 bits per heavy atom. The van der Waals surface area contributed by atoms with Crippen LogP contribution in [0, 0.1) is 0 Å². The highest BCUT2D eigenvalue weighted by molar-refractivity contribution is 9.10. The second-order valence-electron chi connectivity index (χ2n) is 5.25. The number of likely N-dealkylation sites (N-methyl/N-ethyl adjacent to an activating group) is 1. The Bertz CT molecular complexity index is 417. The van der Waals surface area contributed by atoms with E-state index in [2.05, 4.69) is 25.9 Å². The van der Waals surface area contributed by atoms with Gasteiger partial charge < -0.3 is 19.5 Å². The van der Waals surface area contributed by atoms with Crippen LogP contribution in [0.1, 0.15) is 19.0 Å². The summed E-state index contributed by atoms with van der Waals surface area (Å²) in [4.78, 5) is 2.07. The molecule has 1 aromatic heterocycles. The fourth-order valence-corrected chi connectivity index (χ4v) is 2.77. The summed E-state index contributed by atoms with van der Waals surface area (Å²) in [6, 6.07) is 0. The van der Waals surface area contributed by atoms with E-state index in [0.717, 1.165) is 16.7 Å². The van der Waals surface area contributed by atoms with E-state index < -0.39 is 11.9 Å². The predicted octanol–water partition coefficient (Wildman–Crippen LogP) is 1.42. The first kappa shape index (κ1) is 17.6. The van der Waals surface area contributed by atoms with Crippen molar-refractivity contribution in [3.63, 3.8) is 0 Å². The van der Waals surface area contributed by atoms with Crippen LogP contribution in [0.3, 0.4) is 0 Å². The minimum absolute atomic E-state index is 0.326. The van der Waals surface area contributed by atoms with Crippen LogP contribution < -0.4 is 0 Å². The standard InChI is InChI=1S/C13H24BrN3O3/c1-13(18,8-11(19-4)20-5)12-10(14)9-15-17(12)7-6-16(2)3/h9,11,18H,6-8H2,1-5H3. The molecular formula is C13H24BrN3O3. The highest BCUT2D eigenvalue weighted by Crippen LogP contribution is 2.32. The number of aromatic nitrogens is 2. The van der Waals surface area contributed by atoms with Crippen molar-refractivity contribution in [1.29, 1.82) is 0 Å². The van der Waals surface area contributed by atoms with Gasteiger partial charge in [0.2, 0.25) is 0 Å². The third kappa shape index (κ3) is 4.53. The first-order chi connectivity index (χ1) is 9.31. The van der Waals surface area contributed by atoms with Gasteiger partial charge in [-0.1, -0.05) is 0 Å². The zero-order valence-corrected chi connectivity index (χ0v) is 14.3. The molecule has 0 saturated heterocycles. The first-order valence-electron chi connectivity index (χ1n) is 6.46. The molecule has 116 valence electrons. The van der Waals surface area contributed by atoms with Gasteiger partial charge in [-0.3, -0.25) is 4.68 Å². The van der Waals surface area contributed by atoms with Crippen LogP contribution in [0.5, 0.6) is 0 Å². The number of rotatable bonds is 8. The van der Waals surface area contributed by atoms with Crippen LogP contribution in [-0.4, -0.2) is 60.9 Å². The lowest BCUT2D eigenvalue weighted by Crippen LogP contribution is -2.33. The first-order valence-corrected chi connectivity index (χ1v) is 7.25. The Morgan fingerprint density at radius 2 is 2.05 bits per heavy atom. The summed E-state index contributed by atoms with van der Waals surface area (Å²) in [6.45, 7) is 3.29. The van der Waals surface area contributed by atoms with Gasteiger partial charge in [-0.2, -0.15) is 5.10 Å². The summed E-state index contributed by atoms with van der Waals surface area (Å²) in [5.74, 6) is 0. The highest BCUT2D eigenvalue weighted by Gasteiger charge is 2.33. The molecule has 7 heteroatoms. The van der Waals surface area contributed by atoms with Crippen LogP contribution in [0.4, 0.5) is 0 Å². The smallest absolute Gasteiger partial charge is 0.159 e. The topological polar surface area (TPSA) is 59.8 Å². The summed E-state index contributed by atoms with van der Waals surface area (Å²) in [5, 5.41) is 15.1. The molecule has 0 aliphatic carbocycles. The van der Waals surface area contributed by atoms with Crippen molar-refractivity contribution < 1.29 is 14.6 Å². The van der Waals surface area contributed by atoms with Crippen molar-refractivity contribution in [3.05, 3.63) is 16.4 Å². The fraction of sp³-hybridized carbons (Fsp3) is 0.769. The van der Waals surface area contributed by atoms with Gasteiger partial charge in [0.1, 0.15) is 5.60 Å². The minimum Gasteiger partial charge on any atom is -0.384 e. The lowest BCUT2D eigenvalue weighted by atomic mass is 9.97. The van der Waals surface area contributed by atoms with E-state index in [4.69, 9.17) is 9.47 Å². The maximum absolute atomic E-state index is 10.8. The quantitative estimate of drug-likeness (QED) is 0.719. The molecule has 0 aliphatic rings. The summed E-state index contributed by atoms with van der Waals surface area (Å²) >= 11 is 3.46. The van der Waals surface area contributed by atoms with Crippen molar-refractivity contribution in [2.45, 2.75) is 31.8 Å². The van der Waals surface area contributed by atoms with E-state index in [-0.39, 0.29) is 0 Å². The number of aliphatic hydroxyl groups is 1. The second kappa shape index (κ2) is 7.51. The highest BCUT2D eigenvalue weighted by atomic mass is 79.9.